The molecule has 672 valence electrons. The minimum Gasteiger partial charge on any atom is -0.508 e. The van der Waals surface area contributed by atoms with E-state index in [0.717, 1.165) is 107 Å². The molecule has 0 spiro atoms. The molecule has 4 amide bonds. The van der Waals surface area contributed by atoms with Crippen LogP contribution in [0.1, 0.15) is 87.7 Å². The third-order valence-corrected chi connectivity index (χ3v) is 23.0. The number of nitrogens with zero attached hydrogens (tertiary/aromatic N) is 8. The lowest BCUT2D eigenvalue weighted by Crippen LogP contribution is -2.43. The number of fused-ring (bicyclic) bond motifs is 5. The number of rotatable bonds is 15. The third-order valence-electron chi connectivity index (χ3n) is 21.9. The first-order valence-electron chi connectivity index (χ1n) is 42.4. The van der Waals surface area contributed by atoms with Crippen LogP contribution in [-0.2, 0) is 33.4 Å². The Morgan fingerprint density at radius 3 is 1.44 bits per heavy atom. The lowest BCUT2D eigenvalue weighted by molar-refractivity contribution is -0.671. The first-order chi connectivity index (χ1) is 63.6. The highest BCUT2D eigenvalue weighted by molar-refractivity contribution is 7.99. The van der Waals surface area contributed by atoms with Gasteiger partial charge in [-0.05, 0) is 191 Å². The largest absolute Gasteiger partial charge is 0.508 e. The number of hydrogen-bond acceptors (Lipinski definition) is 20. The number of halogens is 3. The quantitative estimate of drug-likeness (QED) is 0.0258. The molecule has 17 N–H and O–H groups in total. The molecule has 0 bridgehead atoms. The summed E-state index contributed by atoms with van der Waals surface area (Å²) in [5, 5.41) is 47.7. The number of allylic oxidation sites excluding steroid dienone is 1. The Balaban J connectivity index is 0.000000131. The van der Waals surface area contributed by atoms with E-state index in [1.807, 2.05) is 133 Å². The fourth-order valence-corrected chi connectivity index (χ4v) is 16.0. The molecule has 0 atom stereocenters. The van der Waals surface area contributed by atoms with Crippen molar-refractivity contribution in [1.82, 2.24) is 28.8 Å². The molecule has 132 heavy (non-hydrogen) atoms. The van der Waals surface area contributed by atoms with Gasteiger partial charge in [0, 0.05) is 167 Å². The number of nitrogens with two attached hydrogens (primary N) is 6. The number of anilines is 4. The number of para-hydroxylation sites is 1. The second-order valence-electron chi connectivity index (χ2n) is 31.4. The van der Waals surface area contributed by atoms with Crippen molar-refractivity contribution in [2.75, 3.05) is 76.2 Å². The van der Waals surface area contributed by atoms with Gasteiger partial charge in [-0.15, -0.1) is 0 Å². The molecule has 19 rings (SSSR count). The number of likely N-dealkylation sites (N-methyl/N-ethyl adjacent to an activating group) is 1. The first-order valence-corrected chi connectivity index (χ1v) is 43.2. The molecular formula is C103H100F3N15O10S+2. The van der Waals surface area contributed by atoms with Gasteiger partial charge in [0.25, 0.3) is 29.2 Å². The Labute approximate surface area is 762 Å². The number of nitrogen functional groups attached to an aromatic ring is 2. The normalized spacial score (nSPS) is 13.2. The highest BCUT2D eigenvalue weighted by Gasteiger charge is 2.36. The van der Waals surface area contributed by atoms with E-state index >= 15 is 0 Å². The number of alkyl halides is 3. The van der Waals surface area contributed by atoms with Gasteiger partial charge in [-0.1, -0.05) is 139 Å². The van der Waals surface area contributed by atoms with Crippen molar-refractivity contribution in [3.05, 3.63) is 356 Å². The molecule has 0 fully saturated rings. The minimum atomic E-state index is -4.63. The number of carbonyl (C=O) groups is 4. The van der Waals surface area contributed by atoms with E-state index in [9.17, 15) is 57.3 Å². The topological polar surface area (TPSA) is 392 Å². The number of pyridine rings is 3. The van der Waals surface area contributed by atoms with Gasteiger partial charge in [-0.2, -0.15) is 18.2 Å². The summed E-state index contributed by atoms with van der Waals surface area (Å²) in [6.07, 6.45) is 21.9. The van der Waals surface area contributed by atoms with Crippen LogP contribution in [-0.4, -0.2) is 132 Å². The molecule has 4 aliphatic rings. The summed E-state index contributed by atoms with van der Waals surface area (Å²) in [4.78, 5) is 83.9. The number of phenolic OH excluding ortho intramolecular Hbond substituents is 4. The predicted octanol–water partition coefficient (Wildman–Crippen LogP) is 15.2. The average Bonchev–Trinajstić information content (AvgIpc) is 0.747. The summed E-state index contributed by atoms with van der Waals surface area (Å²) in [6.45, 7) is 4.52. The molecule has 4 aromatic heterocycles. The smallest absolute Gasteiger partial charge is 0.417 e. The molecule has 8 heterocycles. The van der Waals surface area contributed by atoms with Crippen LogP contribution >= 0.6 is 11.8 Å². The number of hydrogen-bond donors (Lipinski definition) is 11. The number of phenols is 4. The standard InChI is InChI=1S/C18H19NO.C18H15NO.C15H15N3O2.C14H13N3O2.C14H13NO.C12H11F3N2O2.C12H12N4OS/c2*1-19-10-8-14(9-11-19)2-3-15-4-5-17-13-18(20)7-6-16(17)12-15;16-7-2-8-18-14(19)10-4-1-3-9-12(17)6-5-11(13(9)10)15(18)20;15-6-7-17-13(18)9-3-1-2-8-11(16)5-4-10(12(8)9)14(17)19;1-15-10-8-13(9-11-15)3-2-12-4-6-14(16)7-5-12;13-12(14,15)9-6-11(19)17(4-3-16)10-5-7(18)1-2-8(9)10;13-5-6-16-7-10-11(15-12(16)17)14-8-3-1-2-4-9(8)18-10/h2-8,12-13,20H,9-11H2,1H3;2-13H,1H3;1,3-6H,2,7-8,16-17H2;1-5H,6-7,15-16H2;2-11H,1H3;1-2,5-6,18H,3-4,16H2;1-4,7H,5-6,13H2,(H,14,15,17)/p+2/b3-2+;;;;;;. The summed E-state index contributed by atoms with van der Waals surface area (Å²) in [5.74, 6) is 0.172. The molecule has 11 aromatic carbocycles. The summed E-state index contributed by atoms with van der Waals surface area (Å²) in [6, 6.07) is 68.1. The van der Waals surface area contributed by atoms with Crippen LogP contribution < -0.4 is 60.1 Å². The molecule has 15 aromatic rings. The van der Waals surface area contributed by atoms with E-state index in [-0.39, 0.29) is 72.1 Å². The Morgan fingerprint density at radius 1 is 0.462 bits per heavy atom. The molecule has 4 aliphatic heterocycles. The highest BCUT2D eigenvalue weighted by atomic mass is 32.2. The summed E-state index contributed by atoms with van der Waals surface area (Å²) in [5.41, 5.74) is 42.9. The molecular weight excluding hydrogens is 1700 g/mol. The van der Waals surface area contributed by atoms with Crippen LogP contribution in [0.5, 0.6) is 23.0 Å². The minimum absolute atomic E-state index is 0.0188. The third kappa shape index (κ3) is 23.2. The van der Waals surface area contributed by atoms with Gasteiger partial charge in [-0.3, -0.25) is 38.3 Å². The van der Waals surface area contributed by atoms with Crippen molar-refractivity contribution in [1.29, 1.82) is 0 Å². The molecule has 29 heteroatoms. The summed E-state index contributed by atoms with van der Waals surface area (Å²) >= 11 is 1.61. The van der Waals surface area contributed by atoms with Crippen molar-refractivity contribution in [2.45, 2.75) is 41.9 Å². The van der Waals surface area contributed by atoms with Crippen LogP contribution in [0.2, 0.25) is 0 Å². The summed E-state index contributed by atoms with van der Waals surface area (Å²) < 4.78 is 45.3. The van der Waals surface area contributed by atoms with Crippen molar-refractivity contribution >= 4 is 143 Å². The van der Waals surface area contributed by atoms with Crippen molar-refractivity contribution in [3.8, 4) is 23.0 Å². The van der Waals surface area contributed by atoms with E-state index < -0.39 is 17.3 Å². The number of carbonyl (C=O) groups excluding carboxylic acids is 4. The monoisotopic (exact) mass is 1800 g/mol. The van der Waals surface area contributed by atoms with Gasteiger partial charge in [0.05, 0.1) is 21.7 Å². The van der Waals surface area contributed by atoms with Gasteiger partial charge in [0.15, 0.2) is 30.6 Å². The SMILES string of the molecule is CN1CC=C(/C=C/c2ccc3cc(O)ccc3c2)CC1.C[n+]1ccc(/C=C/c2ccc(O)cc2)cc1.C[n+]1ccc(/C=C/c2ccc3cc(O)ccc3c2)cc1.NCCCN1C(=O)c2cccc3c(N)ccc(c23)C1=O.NCCN1C(=O)c2cccc3c(N)ccc(c23)C1=O.NCCn1c(=O)cc(C(F)(F)F)c2ccc(O)cc21.NCCn1cc2c(nc1=O)Nc1ccccc1S2. The second kappa shape index (κ2) is 43.2. The molecule has 25 nitrogen and oxygen atoms in total. The zero-order valence-corrected chi connectivity index (χ0v) is 73.5. The predicted molar refractivity (Wildman–Crippen MR) is 517 cm³/mol. The maximum atomic E-state index is 12.9. The number of aromatic hydroxyl groups is 4. The first kappa shape index (κ1) is 94.2. The highest BCUT2D eigenvalue weighted by Crippen LogP contribution is 2.43. The van der Waals surface area contributed by atoms with Gasteiger partial charge in [0.2, 0.25) is 0 Å². The maximum absolute atomic E-state index is 12.9. The van der Waals surface area contributed by atoms with Gasteiger partial charge < -0.3 is 69.6 Å². The lowest BCUT2D eigenvalue weighted by Gasteiger charge is -2.27. The van der Waals surface area contributed by atoms with Crippen LogP contribution in [0.25, 0.3) is 84.4 Å². The number of nitrogens with one attached hydrogen (secondary N) is 1. The number of imide groups is 2. The van der Waals surface area contributed by atoms with Gasteiger partial charge in [0.1, 0.15) is 37.1 Å². The van der Waals surface area contributed by atoms with E-state index in [1.54, 1.807) is 101 Å². The van der Waals surface area contributed by atoms with Crippen LogP contribution in [0.4, 0.5) is 36.1 Å². The Bertz CT molecular complexity index is 6980. The Hall–Kier alpha value is -15.4. The maximum Gasteiger partial charge on any atom is 0.417 e. The Morgan fingerprint density at radius 2 is 0.924 bits per heavy atom. The second-order valence-corrected chi connectivity index (χ2v) is 32.4. The fraction of sp³-hybridized carbons (Fsp3) is 0.155. The zero-order chi connectivity index (χ0) is 93.9. The van der Waals surface area contributed by atoms with Crippen LogP contribution in [0.15, 0.2) is 299 Å². The Kier molecular flexibility index (Phi) is 30.8. The lowest BCUT2D eigenvalue weighted by atomic mass is 9.93. The van der Waals surface area contributed by atoms with E-state index in [0.29, 0.717) is 106 Å². The number of benzene rings is 11. The van der Waals surface area contributed by atoms with Crippen molar-refractivity contribution < 1.29 is 61.9 Å². The van der Waals surface area contributed by atoms with Gasteiger partial charge >= 0.3 is 11.9 Å². The molecule has 0 unspecified atom stereocenters. The van der Waals surface area contributed by atoms with Crippen LogP contribution in [0.3, 0.4) is 0 Å². The summed E-state index contributed by atoms with van der Waals surface area (Å²) in [7, 11) is 6.15. The van der Waals surface area contributed by atoms with Gasteiger partial charge in [-0.25, -0.2) is 13.9 Å². The van der Waals surface area contributed by atoms with Crippen molar-refractivity contribution in [3.63, 3.8) is 0 Å². The molecule has 0 saturated heterocycles. The molecule has 0 radical (unpaired) electrons. The number of aromatic nitrogens is 5. The molecule has 0 aliphatic carbocycles. The number of amides is 4. The number of aryl methyl sites for hydroxylation is 2. The van der Waals surface area contributed by atoms with E-state index in [1.165, 1.54) is 26.5 Å². The average molecular weight is 1800 g/mol. The van der Waals surface area contributed by atoms with Crippen molar-refractivity contribution in [2.24, 2.45) is 37.0 Å². The fourth-order valence-electron chi connectivity index (χ4n) is 15.0. The van der Waals surface area contributed by atoms with E-state index in [2.05, 4.69) is 107 Å². The zero-order valence-electron chi connectivity index (χ0n) is 72.7. The van der Waals surface area contributed by atoms with Crippen LogP contribution in [0, 0.1) is 0 Å². The molecule has 0 saturated carbocycles. The van der Waals surface area contributed by atoms with E-state index in [4.69, 9.17) is 39.5 Å².